The Hall–Kier alpha value is -3.64. The average molecular weight is 497 g/mol. The molecule has 1 aliphatic carbocycles. The molecule has 182 valence electrons. The number of hydrogen-bond donors (Lipinski definition) is 1. The summed E-state index contributed by atoms with van der Waals surface area (Å²) < 4.78 is 17.0. The fourth-order valence-corrected chi connectivity index (χ4v) is 3.99. The molecule has 10 heteroatoms. The van der Waals surface area contributed by atoms with Gasteiger partial charge in [0.25, 0.3) is 5.56 Å². The summed E-state index contributed by atoms with van der Waals surface area (Å²) in [6.07, 6.45) is 3.26. The van der Waals surface area contributed by atoms with Gasteiger partial charge in [-0.25, -0.2) is 0 Å². The summed E-state index contributed by atoms with van der Waals surface area (Å²) in [7, 11) is 1.43. The van der Waals surface area contributed by atoms with Gasteiger partial charge in [0.15, 0.2) is 0 Å². The lowest BCUT2D eigenvalue weighted by molar-refractivity contribution is -0.156. The quantitative estimate of drug-likeness (QED) is 0.473. The van der Waals surface area contributed by atoms with Crippen molar-refractivity contribution in [2.24, 2.45) is 0 Å². The second kappa shape index (κ2) is 9.55. The Morgan fingerprint density at radius 1 is 1.34 bits per heavy atom. The van der Waals surface area contributed by atoms with E-state index >= 15 is 0 Å². The molecule has 0 saturated heterocycles. The lowest BCUT2D eigenvalue weighted by Gasteiger charge is -2.25. The van der Waals surface area contributed by atoms with Gasteiger partial charge in [-0.15, -0.1) is 10.2 Å². The zero-order valence-corrected chi connectivity index (χ0v) is 20.6. The summed E-state index contributed by atoms with van der Waals surface area (Å²) >= 11 is 6.25. The third-order valence-electron chi connectivity index (χ3n) is 5.51. The van der Waals surface area contributed by atoms with E-state index in [1.54, 1.807) is 39.0 Å². The van der Waals surface area contributed by atoms with Crippen molar-refractivity contribution in [3.63, 3.8) is 0 Å². The summed E-state index contributed by atoms with van der Waals surface area (Å²) in [6, 6.07) is 6.80. The lowest BCUT2D eigenvalue weighted by atomic mass is 9.87. The molecule has 1 N–H and O–H groups in total. The Morgan fingerprint density at radius 3 is 2.71 bits per heavy atom. The summed E-state index contributed by atoms with van der Waals surface area (Å²) in [4.78, 5) is 29.4. The number of halogens is 1. The van der Waals surface area contributed by atoms with Crippen molar-refractivity contribution in [3.8, 4) is 22.9 Å². The van der Waals surface area contributed by atoms with Crippen molar-refractivity contribution in [2.45, 2.75) is 57.5 Å². The minimum absolute atomic E-state index is 0.0588. The highest BCUT2D eigenvalue weighted by Crippen LogP contribution is 2.41. The van der Waals surface area contributed by atoms with Crippen LogP contribution in [-0.4, -0.2) is 33.9 Å². The van der Waals surface area contributed by atoms with E-state index in [-0.39, 0.29) is 40.7 Å². The topological polar surface area (TPSA) is 131 Å². The largest absolute Gasteiger partial charge is 0.495 e. The first-order chi connectivity index (χ1) is 16.6. The third kappa shape index (κ3) is 5.38. The van der Waals surface area contributed by atoms with E-state index in [0.29, 0.717) is 16.5 Å². The molecule has 1 atom stereocenters. The second-order valence-corrected chi connectivity index (χ2v) is 9.81. The maximum atomic E-state index is 13.5. The molecule has 0 bridgehead atoms. The number of nitrogens with one attached hydrogen (secondary N) is 1. The maximum Gasteiger partial charge on any atom is 0.314 e. The van der Waals surface area contributed by atoms with Crippen LogP contribution in [0.3, 0.4) is 0 Å². The minimum atomic E-state index is -1.12. The Labute approximate surface area is 207 Å². The molecular formula is C25H25ClN4O5. The van der Waals surface area contributed by atoms with Gasteiger partial charge in [0.2, 0.25) is 11.8 Å². The normalized spacial score (nSPS) is 14.3. The number of aromatic amines is 1. The first kappa shape index (κ1) is 24.5. The molecule has 1 unspecified atom stereocenters. The van der Waals surface area contributed by atoms with E-state index in [0.717, 1.165) is 12.8 Å². The molecule has 1 fully saturated rings. The molecule has 0 spiro atoms. The fraction of sp³-hybridized carbons (Fsp3) is 0.400. The number of esters is 1. The van der Waals surface area contributed by atoms with E-state index in [1.165, 1.54) is 13.3 Å². The number of ether oxygens (including phenoxy) is 2. The summed E-state index contributed by atoms with van der Waals surface area (Å²) in [5, 5.41) is 18.3. The molecule has 0 radical (unpaired) electrons. The number of pyridine rings is 1. The zero-order chi connectivity index (χ0) is 25.3. The predicted molar refractivity (Wildman–Crippen MR) is 127 cm³/mol. The van der Waals surface area contributed by atoms with Gasteiger partial charge in [0.05, 0.1) is 24.7 Å². The highest BCUT2D eigenvalue weighted by molar-refractivity contribution is 6.31. The number of carbonyl (C=O) groups is 1. The molecular weight excluding hydrogens is 472 g/mol. The van der Waals surface area contributed by atoms with Gasteiger partial charge in [-0.2, -0.15) is 5.26 Å². The van der Waals surface area contributed by atoms with Crippen LogP contribution in [0, 0.1) is 11.3 Å². The van der Waals surface area contributed by atoms with Crippen molar-refractivity contribution < 1.29 is 18.7 Å². The molecule has 2 heterocycles. The zero-order valence-electron chi connectivity index (χ0n) is 19.8. The van der Waals surface area contributed by atoms with E-state index < -0.39 is 23.0 Å². The van der Waals surface area contributed by atoms with Crippen LogP contribution in [0.25, 0.3) is 11.1 Å². The van der Waals surface area contributed by atoms with E-state index in [2.05, 4.69) is 21.3 Å². The molecule has 4 rings (SSSR count). The van der Waals surface area contributed by atoms with Crippen LogP contribution in [-0.2, 0) is 16.0 Å². The maximum absolute atomic E-state index is 13.5. The van der Waals surface area contributed by atoms with Crippen LogP contribution < -0.4 is 10.3 Å². The predicted octanol–water partition coefficient (Wildman–Crippen LogP) is 4.50. The lowest BCUT2D eigenvalue weighted by Crippen LogP contribution is -2.32. The minimum Gasteiger partial charge on any atom is -0.495 e. The van der Waals surface area contributed by atoms with Gasteiger partial charge in [-0.05, 0) is 51.8 Å². The Bertz CT molecular complexity index is 1360. The fourth-order valence-electron chi connectivity index (χ4n) is 3.81. The number of methoxy groups -OCH3 is 1. The van der Waals surface area contributed by atoms with Crippen LogP contribution in [0.15, 0.2) is 33.6 Å². The van der Waals surface area contributed by atoms with Gasteiger partial charge in [-0.3, -0.25) is 9.59 Å². The highest BCUT2D eigenvalue weighted by atomic mass is 35.5. The molecule has 0 amide bonds. The van der Waals surface area contributed by atoms with Gasteiger partial charge in [0.1, 0.15) is 11.4 Å². The van der Waals surface area contributed by atoms with Crippen LogP contribution in [0.4, 0.5) is 0 Å². The van der Waals surface area contributed by atoms with Crippen LogP contribution in [0.2, 0.25) is 5.02 Å². The monoisotopic (exact) mass is 496 g/mol. The number of rotatable bonds is 7. The number of nitrogens with zero attached hydrogens (tertiary/aromatic N) is 3. The van der Waals surface area contributed by atoms with E-state index in [4.69, 9.17) is 25.5 Å². The van der Waals surface area contributed by atoms with Gasteiger partial charge < -0.3 is 18.9 Å². The summed E-state index contributed by atoms with van der Waals surface area (Å²) in [6.45, 7) is 5.21. The standard InChI is InChI=1S/C25H25ClN4O5/c1-25(2,3)35-24(32)17(10-19-29-30-23(34-19)13-5-6-13)21-20(18(33-4)12-28-22(21)31)16-9-15(26)8-7-14(16)11-27/h7-9,12-13,17H,5-6,10H2,1-4H3,(H,28,31). The van der Waals surface area contributed by atoms with Gasteiger partial charge >= 0.3 is 5.97 Å². The van der Waals surface area contributed by atoms with Crippen LogP contribution >= 0.6 is 11.6 Å². The summed E-state index contributed by atoms with van der Waals surface area (Å²) in [5.74, 6) is -0.551. The first-order valence-corrected chi connectivity index (χ1v) is 11.5. The molecule has 1 aromatic carbocycles. The Morgan fingerprint density at radius 2 is 2.09 bits per heavy atom. The number of carbonyl (C=O) groups excluding carboxylic acids is 1. The SMILES string of the molecule is COc1c[nH]c(=O)c(C(Cc2nnc(C3CC3)o2)C(=O)OC(C)(C)C)c1-c1cc(Cl)ccc1C#N. The van der Waals surface area contributed by atoms with Crippen LogP contribution in [0.1, 0.15) is 68.4 Å². The number of nitriles is 1. The molecule has 9 nitrogen and oxygen atoms in total. The first-order valence-electron chi connectivity index (χ1n) is 11.2. The van der Waals surface area contributed by atoms with Crippen molar-refractivity contribution in [1.29, 1.82) is 5.26 Å². The molecule has 3 aromatic rings. The molecule has 0 aliphatic heterocycles. The average Bonchev–Trinajstić information content (AvgIpc) is 3.54. The van der Waals surface area contributed by atoms with Crippen molar-refractivity contribution in [1.82, 2.24) is 15.2 Å². The second-order valence-electron chi connectivity index (χ2n) is 9.38. The third-order valence-corrected chi connectivity index (χ3v) is 5.75. The molecule has 1 aliphatic rings. The van der Waals surface area contributed by atoms with Crippen molar-refractivity contribution >= 4 is 17.6 Å². The van der Waals surface area contributed by atoms with Gasteiger partial charge in [0, 0.05) is 40.2 Å². The number of H-pyrrole nitrogens is 1. The van der Waals surface area contributed by atoms with Crippen LogP contribution in [0.5, 0.6) is 5.75 Å². The van der Waals surface area contributed by atoms with Crippen molar-refractivity contribution in [2.75, 3.05) is 7.11 Å². The molecule has 1 saturated carbocycles. The summed E-state index contributed by atoms with van der Waals surface area (Å²) in [5.41, 5.74) is -0.408. The smallest absolute Gasteiger partial charge is 0.314 e. The Balaban J connectivity index is 1.92. The van der Waals surface area contributed by atoms with E-state index in [1.807, 2.05) is 0 Å². The highest BCUT2D eigenvalue weighted by Gasteiger charge is 2.36. The Kier molecular flexibility index (Phi) is 6.68. The number of hydrogen-bond acceptors (Lipinski definition) is 8. The van der Waals surface area contributed by atoms with Crippen molar-refractivity contribution in [3.05, 3.63) is 62.7 Å². The number of aromatic nitrogens is 3. The number of benzene rings is 1. The van der Waals surface area contributed by atoms with E-state index in [9.17, 15) is 14.9 Å². The molecule has 35 heavy (non-hydrogen) atoms. The molecule has 2 aromatic heterocycles. The van der Waals surface area contributed by atoms with Gasteiger partial charge in [-0.1, -0.05) is 11.6 Å².